The van der Waals surface area contributed by atoms with Crippen molar-refractivity contribution in [3.63, 3.8) is 0 Å². The van der Waals surface area contributed by atoms with Crippen LogP contribution in [0.15, 0.2) is 10.9 Å². The smallest absolute Gasteiger partial charge is 0.295 e. The molecule has 8 heteroatoms. The number of rotatable bonds is 1. The van der Waals surface area contributed by atoms with E-state index < -0.39 is 35.2 Å². The Bertz CT molecular complexity index is 882. The lowest BCUT2D eigenvalue weighted by molar-refractivity contribution is -0.135. The molecule has 0 radical (unpaired) electrons. The first-order valence-corrected chi connectivity index (χ1v) is 6.72. The zero-order valence-electron chi connectivity index (χ0n) is 11.9. The average molecular weight is 309 g/mol. The number of fused-ring (bicyclic) bond motifs is 1. The summed E-state index contributed by atoms with van der Waals surface area (Å²) in [4.78, 5) is 35.6. The molecule has 1 unspecified atom stereocenters. The molecular weight excluding hydrogens is 296 g/mol. The standard InChI is InChI=1S/C14H13F2N3O3/c1-6-11(16)7(15)5-9-12(6)18(2)14(22)19(9)8-3-4-10(20)17-13(8)21/h5,8H,3-4H2,1-2H3,(H,17,20,21). The quantitative estimate of drug-likeness (QED) is 0.796. The number of carbonyl (C=O) groups excluding carboxylic acids is 2. The summed E-state index contributed by atoms with van der Waals surface area (Å²) in [6, 6.07) is -0.0128. The van der Waals surface area contributed by atoms with Crippen LogP contribution < -0.4 is 11.0 Å². The summed E-state index contributed by atoms with van der Waals surface area (Å²) in [7, 11) is 1.43. The van der Waals surface area contributed by atoms with Crippen molar-refractivity contribution in [3.05, 3.63) is 33.7 Å². The van der Waals surface area contributed by atoms with E-state index in [9.17, 15) is 23.2 Å². The molecule has 0 bridgehead atoms. The van der Waals surface area contributed by atoms with Crippen LogP contribution in [0.2, 0.25) is 0 Å². The first-order chi connectivity index (χ1) is 10.3. The van der Waals surface area contributed by atoms with Crippen LogP contribution in [0, 0.1) is 18.6 Å². The highest BCUT2D eigenvalue weighted by atomic mass is 19.2. The van der Waals surface area contributed by atoms with Gasteiger partial charge in [0.1, 0.15) is 6.04 Å². The van der Waals surface area contributed by atoms with Crippen molar-refractivity contribution in [2.45, 2.75) is 25.8 Å². The van der Waals surface area contributed by atoms with Gasteiger partial charge in [-0.15, -0.1) is 0 Å². The van der Waals surface area contributed by atoms with Crippen LogP contribution in [0.3, 0.4) is 0 Å². The Morgan fingerprint density at radius 3 is 2.59 bits per heavy atom. The number of imide groups is 1. The maximum absolute atomic E-state index is 13.7. The Balaban J connectivity index is 2.31. The number of nitrogens with one attached hydrogen (secondary N) is 1. The van der Waals surface area contributed by atoms with Crippen molar-refractivity contribution in [2.75, 3.05) is 0 Å². The maximum Gasteiger partial charge on any atom is 0.329 e. The summed E-state index contributed by atoms with van der Waals surface area (Å²) in [5, 5.41) is 2.15. The number of halogens is 2. The predicted octanol–water partition coefficient (Wildman–Crippen LogP) is 0.904. The van der Waals surface area contributed by atoms with Gasteiger partial charge < -0.3 is 0 Å². The molecule has 0 aliphatic carbocycles. The van der Waals surface area contributed by atoms with Crippen molar-refractivity contribution >= 4 is 22.8 Å². The molecule has 1 aromatic heterocycles. The molecule has 1 aliphatic rings. The number of nitrogens with zero attached hydrogens (tertiary/aromatic N) is 2. The van der Waals surface area contributed by atoms with E-state index in [2.05, 4.69) is 5.32 Å². The van der Waals surface area contributed by atoms with Gasteiger partial charge in [0.25, 0.3) is 0 Å². The first-order valence-electron chi connectivity index (χ1n) is 6.72. The third-order valence-corrected chi connectivity index (χ3v) is 4.01. The molecule has 0 saturated carbocycles. The van der Waals surface area contributed by atoms with Crippen molar-refractivity contribution in [2.24, 2.45) is 7.05 Å². The van der Waals surface area contributed by atoms with E-state index in [1.54, 1.807) is 0 Å². The zero-order chi connectivity index (χ0) is 16.2. The Hall–Kier alpha value is -2.51. The minimum Gasteiger partial charge on any atom is -0.295 e. The molecule has 0 spiro atoms. The number of hydrogen-bond donors (Lipinski definition) is 1. The van der Waals surface area contributed by atoms with E-state index in [-0.39, 0.29) is 29.4 Å². The van der Waals surface area contributed by atoms with Gasteiger partial charge in [-0.3, -0.25) is 24.0 Å². The number of aromatic nitrogens is 2. The predicted molar refractivity (Wildman–Crippen MR) is 73.3 cm³/mol. The normalized spacial score (nSPS) is 18.8. The van der Waals surface area contributed by atoms with Crippen LogP contribution in [0.5, 0.6) is 0 Å². The topological polar surface area (TPSA) is 73.1 Å². The Morgan fingerprint density at radius 2 is 1.95 bits per heavy atom. The average Bonchev–Trinajstić information content (AvgIpc) is 2.69. The van der Waals surface area contributed by atoms with Gasteiger partial charge >= 0.3 is 5.69 Å². The summed E-state index contributed by atoms with van der Waals surface area (Å²) < 4.78 is 29.7. The Morgan fingerprint density at radius 1 is 1.27 bits per heavy atom. The van der Waals surface area contributed by atoms with Crippen LogP contribution in [0.4, 0.5) is 8.78 Å². The SMILES string of the molecule is Cc1c(F)c(F)cc2c1n(C)c(=O)n2C1CCC(=O)NC1=O. The van der Waals surface area contributed by atoms with Crippen LogP contribution >= 0.6 is 0 Å². The second kappa shape index (κ2) is 4.75. The molecule has 1 aliphatic heterocycles. The van der Waals surface area contributed by atoms with Gasteiger partial charge in [-0.25, -0.2) is 13.6 Å². The van der Waals surface area contributed by atoms with Crippen LogP contribution in [-0.2, 0) is 16.6 Å². The Labute approximate surface area is 123 Å². The fourth-order valence-corrected chi connectivity index (χ4v) is 2.92. The lowest BCUT2D eigenvalue weighted by Crippen LogP contribution is -2.44. The van der Waals surface area contributed by atoms with E-state index in [0.717, 1.165) is 10.6 Å². The lowest BCUT2D eigenvalue weighted by atomic mass is 10.1. The number of carbonyl (C=O) groups is 2. The number of amides is 2. The number of piperidine rings is 1. The zero-order valence-corrected chi connectivity index (χ0v) is 11.9. The van der Waals surface area contributed by atoms with Crippen molar-refractivity contribution in [1.29, 1.82) is 0 Å². The molecule has 3 rings (SSSR count). The molecule has 1 fully saturated rings. The van der Waals surface area contributed by atoms with Crippen molar-refractivity contribution < 1.29 is 18.4 Å². The third-order valence-electron chi connectivity index (χ3n) is 4.01. The van der Waals surface area contributed by atoms with E-state index in [1.807, 2.05) is 0 Å². The lowest BCUT2D eigenvalue weighted by Gasteiger charge is -2.22. The highest BCUT2D eigenvalue weighted by molar-refractivity contribution is 6.00. The van der Waals surface area contributed by atoms with E-state index in [1.165, 1.54) is 18.5 Å². The molecule has 116 valence electrons. The van der Waals surface area contributed by atoms with Gasteiger partial charge in [0.2, 0.25) is 11.8 Å². The molecule has 2 aromatic rings. The highest BCUT2D eigenvalue weighted by Crippen LogP contribution is 2.27. The molecule has 6 nitrogen and oxygen atoms in total. The molecule has 2 heterocycles. The fraction of sp³-hybridized carbons (Fsp3) is 0.357. The number of imidazole rings is 1. The van der Waals surface area contributed by atoms with E-state index in [0.29, 0.717) is 0 Å². The summed E-state index contributed by atoms with van der Waals surface area (Å²) in [6.07, 6.45) is 0.226. The Kier molecular flexibility index (Phi) is 3.12. The highest BCUT2D eigenvalue weighted by Gasteiger charge is 2.32. The van der Waals surface area contributed by atoms with Gasteiger partial charge in [-0.05, 0) is 13.3 Å². The summed E-state index contributed by atoms with van der Waals surface area (Å²) in [6.45, 7) is 1.37. The third kappa shape index (κ3) is 1.87. The van der Waals surface area contributed by atoms with Gasteiger partial charge in [0.05, 0.1) is 11.0 Å². The molecule has 1 atom stereocenters. The van der Waals surface area contributed by atoms with Crippen LogP contribution in [0.25, 0.3) is 11.0 Å². The number of benzene rings is 1. The number of aryl methyl sites for hydroxylation is 2. The van der Waals surface area contributed by atoms with Crippen molar-refractivity contribution in [3.8, 4) is 0 Å². The van der Waals surface area contributed by atoms with Crippen molar-refractivity contribution in [1.82, 2.24) is 14.5 Å². The summed E-state index contributed by atoms with van der Waals surface area (Å²) in [5.41, 5.74) is -0.190. The minimum absolute atomic E-state index is 0.000596. The van der Waals surface area contributed by atoms with Gasteiger partial charge in [-0.2, -0.15) is 0 Å². The first kappa shape index (κ1) is 14.4. The van der Waals surface area contributed by atoms with E-state index in [4.69, 9.17) is 0 Å². The molecule has 1 N–H and O–H groups in total. The van der Waals surface area contributed by atoms with Gasteiger partial charge in [0.15, 0.2) is 11.6 Å². The van der Waals surface area contributed by atoms with Gasteiger partial charge in [-0.1, -0.05) is 0 Å². The second-order valence-electron chi connectivity index (χ2n) is 5.34. The molecule has 2 amide bonds. The minimum atomic E-state index is -1.09. The summed E-state index contributed by atoms with van der Waals surface area (Å²) >= 11 is 0. The van der Waals surface area contributed by atoms with E-state index >= 15 is 0 Å². The largest absolute Gasteiger partial charge is 0.329 e. The molecule has 22 heavy (non-hydrogen) atoms. The maximum atomic E-state index is 13.7. The fourth-order valence-electron chi connectivity index (χ4n) is 2.92. The molecule has 1 aromatic carbocycles. The summed E-state index contributed by atoms with van der Waals surface area (Å²) in [5.74, 6) is -3.14. The number of hydrogen-bond acceptors (Lipinski definition) is 3. The second-order valence-corrected chi connectivity index (χ2v) is 5.34. The van der Waals surface area contributed by atoms with Gasteiger partial charge in [0, 0.05) is 25.1 Å². The monoisotopic (exact) mass is 309 g/mol. The van der Waals surface area contributed by atoms with Crippen LogP contribution in [0.1, 0.15) is 24.4 Å². The molecule has 1 saturated heterocycles. The van der Waals surface area contributed by atoms with Crippen LogP contribution in [-0.4, -0.2) is 20.9 Å². The molecular formula is C14H13F2N3O3.